The number of aryl methyl sites for hydroxylation is 2. The van der Waals surface area contributed by atoms with E-state index in [0.717, 1.165) is 16.7 Å². The second-order valence-corrected chi connectivity index (χ2v) is 5.48. The van der Waals surface area contributed by atoms with E-state index in [1.165, 1.54) is 0 Å². The summed E-state index contributed by atoms with van der Waals surface area (Å²) in [4.78, 5) is 23.3. The van der Waals surface area contributed by atoms with Gasteiger partial charge < -0.3 is 14.8 Å². The summed E-state index contributed by atoms with van der Waals surface area (Å²) in [7, 11) is 0. The van der Waals surface area contributed by atoms with Crippen molar-refractivity contribution in [1.29, 1.82) is 0 Å². The molecule has 24 heavy (non-hydrogen) atoms. The third-order valence-corrected chi connectivity index (χ3v) is 3.37. The maximum Gasteiger partial charge on any atom is 0.344 e. The normalized spacial score (nSPS) is 10.1. The van der Waals surface area contributed by atoms with Gasteiger partial charge >= 0.3 is 5.97 Å². The number of nitrogens with one attached hydrogen (secondary N) is 1. The molecule has 1 N–H and O–H groups in total. The first-order valence-corrected chi connectivity index (χ1v) is 7.71. The topological polar surface area (TPSA) is 64.6 Å². The van der Waals surface area contributed by atoms with E-state index < -0.39 is 5.97 Å². The minimum absolute atomic E-state index is 0.226. The zero-order valence-corrected chi connectivity index (χ0v) is 13.9. The van der Waals surface area contributed by atoms with Gasteiger partial charge in [-0.25, -0.2) is 4.79 Å². The molecule has 0 atom stereocenters. The molecule has 126 valence electrons. The molecule has 2 aromatic rings. The van der Waals surface area contributed by atoms with Crippen molar-refractivity contribution >= 4 is 11.9 Å². The van der Waals surface area contributed by atoms with Crippen molar-refractivity contribution < 1.29 is 19.1 Å². The van der Waals surface area contributed by atoms with Gasteiger partial charge in [0.05, 0.1) is 0 Å². The maximum atomic E-state index is 11.7. The van der Waals surface area contributed by atoms with Gasteiger partial charge in [0, 0.05) is 6.54 Å². The second kappa shape index (κ2) is 8.72. The standard InChI is InChI=1S/C19H21NO4/c1-14-8-9-17(15(2)10-14)23-13-19(22)24-12-18(21)20-11-16-6-4-3-5-7-16/h3-10H,11-13H2,1-2H3,(H,20,21). The fraction of sp³-hybridized carbons (Fsp3) is 0.263. The molecular weight excluding hydrogens is 306 g/mol. The molecule has 0 aromatic heterocycles. The van der Waals surface area contributed by atoms with Crippen LogP contribution in [-0.2, 0) is 20.9 Å². The smallest absolute Gasteiger partial charge is 0.344 e. The molecule has 0 spiro atoms. The van der Waals surface area contributed by atoms with Gasteiger partial charge in [-0.05, 0) is 31.0 Å². The van der Waals surface area contributed by atoms with Crippen LogP contribution < -0.4 is 10.1 Å². The summed E-state index contributed by atoms with van der Waals surface area (Å²) in [5.41, 5.74) is 3.05. The number of hydrogen-bond acceptors (Lipinski definition) is 4. The fourth-order valence-corrected chi connectivity index (χ4v) is 2.13. The van der Waals surface area contributed by atoms with Crippen LogP contribution in [0.15, 0.2) is 48.5 Å². The summed E-state index contributed by atoms with van der Waals surface area (Å²) in [5, 5.41) is 2.69. The Kier molecular flexibility index (Phi) is 6.37. The Morgan fingerprint density at radius 1 is 1.00 bits per heavy atom. The molecule has 0 saturated carbocycles. The predicted molar refractivity (Wildman–Crippen MR) is 90.7 cm³/mol. The third-order valence-electron chi connectivity index (χ3n) is 3.37. The predicted octanol–water partition coefficient (Wildman–Crippen LogP) is 2.54. The fourth-order valence-electron chi connectivity index (χ4n) is 2.13. The van der Waals surface area contributed by atoms with Crippen LogP contribution in [0.2, 0.25) is 0 Å². The van der Waals surface area contributed by atoms with E-state index in [0.29, 0.717) is 12.3 Å². The Hall–Kier alpha value is -2.82. The Morgan fingerprint density at radius 3 is 2.46 bits per heavy atom. The maximum absolute atomic E-state index is 11.7. The minimum Gasteiger partial charge on any atom is -0.482 e. The Morgan fingerprint density at radius 2 is 1.75 bits per heavy atom. The van der Waals surface area contributed by atoms with E-state index >= 15 is 0 Å². The highest BCUT2D eigenvalue weighted by molar-refractivity contribution is 5.80. The molecule has 0 saturated heterocycles. The molecule has 1 amide bonds. The molecule has 2 aromatic carbocycles. The zero-order chi connectivity index (χ0) is 17.4. The summed E-state index contributed by atoms with van der Waals surface area (Å²) in [6.07, 6.45) is 0. The minimum atomic E-state index is -0.579. The van der Waals surface area contributed by atoms with Crippen LogP contribution in [0.5, 0.6) is 5.75 Å². The Balaban J connectivity index is 1.68. The van der Waals surface area contributed by atoms with Crippen molar-refractivity contribution in [3.05, 3.63) is 65.2 Å². The van der Waals surface area contributed by atoms with Gasteiger partial charge in [0.2, 0.25) is 0 Å². The molecule has 5 heteroatoms. The number of carbonyl (C=O) groups excluding carboxylic acids is 2. The highest BCUT2D eigenvalue weighted by atomic mass is 16.6. The third kappa shape index (κ3) is 5.76. The summed E-state index contributed by atoms with van der Waals surface area (Å²) in [5.74, 6) is -0.297. The number of benzene rings is 2. The number of hydrogen-bond donors (Lipinski definition) is 1. The molecule has 0 aliphatic heterocycles. The van der Waals surface area contributed by atoms with E-state index in [1.807, 2.05) is 62.4 Å². The van der Waals surface area contributed by atoms with Crippen molar-refractivity contribution in [2.45, 2.75) is 20.4 Å². The molecule has 0 unspecified atom stereocenters. The lowest BCUT2D eigenvalue weighted by molar-refractivity contribution is -0.150. The molecule has 0 radical (unpaired) electrons. The van der Waals surface area contributed by atoms with Gasteiger partial charge in [0.25, 0.3) is 5.91 Å². The summed E-state index contributed by atoms with van der Waals surface area (Å²) in [6, 6.07) is 15.2. The first-order chi connectivity index (χ1) is 11.5. The number of esters is 1. The van der Waals surface area contributed by atoms with Crippen LogP contribution in [0.3, 0.4) is 0 Å². The van der Waals surface area contributed by atoms with Crippen LogP contribution in [-0.4, -0.2) is 25.1 Å². The molecular formula is C19H21NO4. The van der Waals surface area contributed by atoms with Crippen LogP contribution >= 0.6 is 0 Å². The largest absolute Gasteiger partial charge is 0.482 e. The zero-order valence-electron chi connectivity index (χ0n) is 13.9. The average molecular weight is 327 g/mol. The van der Waals surface area contributed by atoms with Crippen molar-refractivity contribution in [1.82, 2.24) is 5.32 Å². The van der Waals surface area contributed by atoms with Crippen molar-refractivity contribution in [3.63, 3.8) is 0 Å². The van der Waals surface area contributed by atoms with Gasteiger partial charge in [-0.15, -0.1) is 0 Å². The van der Waals surface area contributed by atoms with Gasteiger partial charge in [-0.3, -0.25) is 4.79 Å². The van der Waals surface area contributed by atoms with E-state index in [2.05, 4.69) is 5.32 Å². The van der Waals surface area contributed by atoms with Gasteiger partial charge in [0.1, 0.15) is 5.75 Å². The quantitative estimate of drug-likeness (QED) is 0.794. The SMILES string of the molecule is Cc1ccc(OCC(=O)OCC(=O)NCc2ccccc2)c(C)c1. The van der Waals surface area contributed by atoms with Gasteiger partial charge in [-0.1, -0.05) is 48.0 Å². The molecule has 2 rings (SSSR count). The van der Waals surface area contributed by atoms with Crippen LogP contribution in [0, 0.1) is 13.8 Å². The Bertz CT molecular complexity index is 698. The molecule has 0 heterocycles. The van der Waals surface area contributed by atoms with Crippen LogP contribution in [0.25, 0.3) is 0 Å². The first-order valence-electron chi connectivity index (χ1n) is 7.71. The summed E-state index contributed by atoms with van der Waals surface area (Å²) < 4.78 is 10.3. The highest BCUT2D eigenvalue weighted by Crippen LogP contribution is 2.18. The van der Waals surface area contributed by atoms with E-state index in [4.69, 9.17) is 9.47 Å². The van der Waals surface area contributed by atoms with E-state index in [1.54, 1.807) is 0 Å². The number of carbonyl (C=O) groups is 2. The molecule has 5 nitrogen and oxygen atoms in total. The monoisotopic (exact) mass is 327 g/mol. The number of amides is 1. The molecule has 0 fully saturated rings. The molecule has 0 aliphatic rings. The number of ether oxygens (including phenoxy) is 2. The summed E-state index contributed by atoms with van der Waals surface area (Å²) in [6.45, 7) is 3.75. The lowest BCUT2D eigenvalue weighted by Crippen LogP contribution is -2.29. The average Bonchev–Trinajstić information content (AvgIpc) is 2.58. The van der Waals surface area contributed by atoms with E-state index in [9.17, 15) is 9.59 Å². The lowest BCUT2D eigenvalue weighted by Gasteiger charge is -2.10. The lowest BCUT2D eigenvalue weighted by atomic mass is 10.1. The summed E-state index contributed by atoms with van der Waals surface area (Å²) >= 11 is 0. The van der Waals surface area contributed by atoms with Crippen molar-refractivity contribution in [2.75, 3.05) is 13.2 Å². The first kappa shape index (κ1) is 17.5. The Labute approximate surface area is 141 Å². The van der Waals surface area contributed by atoms with Crippen LogP contribution in [0.1, 0.15) is 16.7 Å². The van der Waals surface area contributed by atoms with Crippen molar-refractivity contribution in [2.24, 2.45) is 0 Å². The number of rotatable bonds is 7. The van der Waals surface area contributed by atoms with Crippen molar-refractivity contribution in [3.8, 4) is 5.75 Å². The molecule has 0 aliphatic carbocycles. The van der Waals surface area contributed by atoms with Gasteiger partial charge in [-0.2, -0.15) is 0 Å². The van der Waals surface area contributed by atoms with Crippen LogP contribution in [0.4, 0.5) is 0 Å². The molecule has 0 bridgehead atoms. The van der Waals surface area contributed by atoms with Gasteiger partial charge in [0.15, 0.2) is 13.2 Å². The highest BCUT2D eigenvalue weighted by Gasteiger charge is 2.09. The van der Waals surface area contributed by atoms with E-state index in [-0.39, 0.29) is 19.1 Å². The second-order valence-electron chi connectivity index (χ2n) is 5.48.